The van der Waals surface area contributed by atoms with Gasteiger partial charge in [0.25, 0.3) is 5.69 Å². The molecule has 0 saturated carbocycles. The lowest BCUT2D eigenvalue weighted by molar-refractivity contribution is -0.388. The average Bonchev–Trinajstić information content (AvgIpc) is 2.46. The van der Waals surface area contributed by atoms with Crippen LogP contribution in [-0.2, 0) is 6.18 Å². The number of nitro groups is 1. The lowest BCUT2D eigenvalue weighted by Crippen LogP contribution is -2.11. The predicted octanol–water partition coefficient (Wildman–Crippen LogP) is 5.55. The predicted molar refractivity (Wildman–Crippen MR) is 84.3 cm³/mol. The van der Waals surface area contributed by atoms with Crippen molar-refractivity contribution in [3.05, 3.63) is 68.2 Å². The number of benzene rings is 2. The van der Waals surface area contributed by atoms with Crippen LogP contribution in [0.4, 0.5) is 24.5 Å². The Kier molecular flexibility index (Phi) is 4.93. The first-order chi connectivity index (χ1) is 10.7. The summed E-state index contributed by atoms with van der Waals surface area (Å²) in [6.45, 7) is 1.79. The monoisotopic (exact) mass is 388 g/mol. The molecule has 2 aromatic rings. The van der Waals surface area contributed by atoms with Gasteiger partial charge in [-0.1, -0.05) is 28.1 Å². The topological polar surface area (TPSA) is 55.2 Å². The van der Waals surface area contributed by atoms with Crippen molar-refractivity contribution in [2.24, 2.45) is 0 Å². The third-order valence-electron chi connectivity index (χ3n) is 3.25. The first-order valence-corrected chi connectivity index (χ1v) is 7.35. The van der Waals surface area contributed by atoms with Gasteiger partial charge >= 0.3 is 6.18 Å². The average molecular weight is 389 g/mol. The zero-order valence-electron chi connectivity index (χ0n) is 11.9. The number of alkyl halides is 3. The van der Waals surface area contributed by atoms with Crippen molar-refractivity contribution in [1.82, 2.24) is 0 Å². The fourth-order valence-corrected chi connectivity index (χ4v) is 2.36. The van der Waals surface area contributed by atoms with Gasteiger partial charge in [-0.25, -0.2) is 0 Å². The second-order valence-corrected chi connectivity index (χ2v) is 5.82. The second-order valence-electron chi connectivity index (χ2n) is 4.90. The third kappa shape index (κ3) is 4.22. The highest BCUT2D eigenvalue weighted by atomic mass is 79.9. The van der Waals surface area contributed by atoms with E-state index in [0.29, 0.717) is 0 Å². The van der Waals surface area contributed by atoms with Crippen molar-refractivity contribution in [2.45, 2.75) is 19.1 Å². The summed E-state index contributed by atoms with van der Waals surface area (Å²) in [5, 5.41) is 13.7. The lowest BCUT2D eigenvalue weighted by Gasteiger charge is -2.17. The Bertz CT molecular complexity index is 718. The molecule has 0 radical (unpaired) electrons. The molecule has 1 atom stereocenters. The summed E-state index contributed by atoms with van der Waals surface area (Å²) in [5.41, 5.74) is -1.19. The van der Waals surface area contributed by atoms with Gasteiger partial charge in [-0.05, 0) is 36.8 Å². The van der Waals surface area contributed by atoms with Crippen molar-refractivity contribution in [3.8, 4) is 0 Å². The van der Waals surface area contributed by atoms with E-state index in [1.165, 1.54) is 6.07 Å². The maximum atomic E-state index is 13.0. The number of hydrogen-bond donors (Lipinski definition) is 1. The van der Waals surface area contributed by atoms with Gasteiger partial charge in [0, 0.05) is 22.3 Å². The number of halogens is 4. The molecule has 0 amide bonds. The summed E-state index contributed by atoms with van der Waals surface area (Å²) in [5.74, 6) is 0. The first kappa shape index (κ1) is 17.3. The summed E-state index contributed by atoms with van der Waals surface area (Å²) in [6, 6.07) is 9.94. The molecule has 0 aromatic heterocycles. The number of nitrogens with zero attached hydrogens (tertiary/aromatic N) is 1. The number of nitro benzene ring substituents is 1. The summed E-state index contributed by atoms with van der Waals surface area (Å²) < 4.78 is 39.8. The summed E-state index contributed by atoms with van der Waals surface area (Å²) in [4.78, 5) is 9.70. The van der Waals surface area contributed by atoms with Gasteiger partial charge in [-0.15, -0.1) is 0 Å². The van der Waals surface area contributed by atoms with E-state index in [2.05, 4.69) is 21.2 Å². The summed E-state index contributed by atoms with van der Waals surface area (Å²) >= 11 is 3.31. The Balaban J connectivity index is 2.30. The van der Waals surface area contributed by atoms with Gasteiger partial charge in [0.15, 0.2) is 0 Å². The normalized spacial score (nSPS) is 12.7. The van der Waals surface area contributed by atoms with Crippen molar-refractivity contribution in [3.63, 3.8) is 0 Å². The standard InChI is InChI=1S/C15H12BrF3N2O2/c1-9(10-2-4-11(16)5-3-10)20-12-6-7-14(21(22)23)13(8-12)15(17,18)19/h2-9,20H,1H3/t9-/m1/s1. The van der Waals surface area contributed by atoms with E-state index in [4.69, 9.17) is 0 Å². The van der Waals surface area contributed by atoms with Crippen LogP contribution in [0, 0.1) is 10.1 Å². The van der Waals surface area contributed by atoms with Gasteiger partial charge in [-0.2, -0.15) is 13.2 Å². The highest BCUT2D eigenvalue weighted by Crippen LogP contribution is 2.38. The number of rotatable bonds is 4. The molecule has 122 valence electrons. The van der Waals surface area contributed by atoms with Crippen molar-refractivity contribution in [1.29, 1.82) is 0 Å². The molecule has 0 aliphatic carbocycles. The molecule has 4 nitrogen and oxygen atoms in total. The molecule has 0 heterocycles. The minimum atomic E-state index is -4.79. The third-order valence-corrected chi connectivity index (χ3v) is 3.78. The van der Waals surface area contributed by atoms with Gasteiger partial charge < -0.3 is 5.32 Å². The summed E-state index contributed by atoms with van der Waals surface area (Å²) in [7, 11) is 0. The molecule has 0 unspecified atom stereocenters. The van der Waals surface area contributed by atoms with E-state index in [9.17, 15) is 23.3 Å². The minimum absolute atomic E-state index is 0.165. The maximum Gasteiger partial charge on any atom is 0.423 e. The SMILES string of the molecule is C[C@@H](Nc1ccc([N+](=O)[O-])c(C(F)(F)F)c1)c1ccc(Br)cc1. The Morgan fingerprint density at radius 1 is 1.17 bits per heavy atom. The van der Waals surface area contributed by atoms with Crippen LogP contribution in [0.25, 0.3) is 0 Å². The molecular weight excluding hydrogens is 377 g/mol. The second kappa shape index (κ2) is 6.57. The van der Waals surface area contributed by atoms with Gasteiger partial charge in [0.1, 0.15) is 5.56 Å². The van der Waals surface area contributed by atoms with Crippen molar-refractivity contribution < 1.29 is 18.1 Å². The Hall–Kier alpha value is -2.09. The van der Waals surface area contributed by atoms with Gasteiger partial charge in [0.05, 0.1) is 4.92 Å². The van der Waals surface area contributed by atoms with Gasteiger partial charge in [-0.3, -0.25) is 10.1 Å². The fourth-order valence-electron chi connectivity index (χ4n) is 2.10. The molecule has 8 heteroatoms. The molecule has 0 fully saturated rings. The van der Waals surface area contributed by atoms with Crippen LogP contribution in [0.15, 0.2) is 46.9 Å². The largest absolute Gasteiger partial charge is 0.423 e. The van der Waals surface area contributed by atoms with E-state index in [0.717, 1.165) is 22.2 Å². The smallest absolute Gasteiger partial charge is 0.379 e. The Labute approximate surface area is 138 Å². The highest BCUT2D eigenvalue weighted by Gasteiger charge is 2.38. The number of anilines is 1. The minimum Gasteiger partial charge on any atom is -0.379 e. The van der Waals surface area contributed by atoms with E-state index >= 15 is 0 Å². The molecular formula is C15H12BrF3N2O2. The maximum absolute atomic E-state index is 13.0. The van der Waals surface area contributed by atoms with E-state index in [1.807, 2.05) is 24.3 Å². The van der Waals surface area contributed by atoms with Crippen LogP contribution < -0.4 is 5.32 Å². The van der Waals surface area contributed by atoms with E-state index < -0.39 is 22.4 Å². The van der Waals surface area contributed by atoms with Crippen LogP contribution in [0.1, 0.15) is 24.1 Å². The number of nitrogens with one attached hydrogen (secondary N) is 1. The van der Waals surface area contributed by atoms with Gasteiger partial charge in [0.2, 0.25) is 0 Å². The molecule has 2 rings (SSSR count). The van der Waals surface area contributed by atoms with Crippen LogP contribution in [0.5, 0.6) is 0 Å². The molecule has 0 aliphatic rings. The first-order valence-electron chi connectivity index (χ1n) is 6.56. The Morgan fingerprint density at radius 2 is 1.78 bits per heavy atom. The number of hydrogen-bond acceptors (Lipinski definition) is 3. The van der Waals surface area contributed by atoms with Crippen molar-refractivity contribution in [2.75, 3.05) is 5.32 Å². The Morgan fingerprint density at radius 3 is 2.30 bits per heavy atom. The summed E-state index contributed by atoms with van der Waals surface area (Å²) in [6.07, 6.45) is -4.79. The lowest BCUT2D eigenvalue weighted by atomic mass is 10.1. The zero-order chi connectivity index (χ0) is 17.2. The molecule has 0 aliphatic heterocycles. The highest BCUT2D eigenvalue weighted by molar-refractivity contribution is 9.10. The van der Waals surface area contributed by atoms with Crippen LogP contribution in [0.2, 0.25) is 0 Å². The quantitative estimate of drug-likeness (QED) is 0.551. The van der Waals surface area contributed by atoms with Crippen molar-refractivity contribution >= 4 is 27.3 Å². The molecule has 0 bridgehead atoms. The molecule has 0 spiro atoms. The van der Waals surface area contributed by atoms with Crippen LogP contribution in [-0.4, -0.2) is 4.92 Å². The molecule has 2 aromatic carbocycles. The zero-order valence-corrected chi connectivity index (χ0v) is 13.5. The molecule has 1 N–H and O–H groups in total. The fraction of sp³-hybridized carbons (Fsp3) is 0.200. The van der Waals surface area contributed by atoms with E-state index in [-0.39, 0.29) is 11.7 Å². The van der Waals surface area contributed by atoms with E-state index in [1.54, 1.807) is 6.92 Å². The van der Waals surface area contributed by atoms with Crippen LogP contribution >= 0.6 is 15.9 Å². The molecule has 0 saturated heterocycles. The molecule has 23 heavy (non-hydrogen) atoms. The van der Waals surface area contributed by atoms with Crippen LogP contribution in [0.3, 0.4) is 0 Å².